The number of rotatable bonds is 4. The quantitative estimate of drug-likeness (QED) is 0.679. The van der Waals surface area contributed by atoms with E-state index in [9.17, 15) is 0 Å². The molecule has 0 fully saturated rings. The Morgan fingerprint density at radius 2 is 1.86 bits per heavy atom. The lowest BCUT2D eigenvalue weighted by Crippen LogP contribution is -3.00. The van der Waals surface area contributed by atoms with Crippen molar-refractivity contribution in [2.45, 2.75) is 19.8 Å². The van der Waals surface area contributed by atoms with Gasteiger partial charge in [0.15, 0.2) is 0 Å². The Morgan fingerprint density at radius 3 is 2.59 bits per heavy atom. The van der Waals surface area contributed by atoms with Crippen LogP contribution in [0.3, 0.4) is 0 Å². The number of aryl methyl sites for hydroxylation is 1. The minimum atomic E-state index is 0. The fraction of sp³-hybridized carbons (Fsp3) is 0.176. The summed E-state index contributed by atoms with van der Waals surface area (Å²) in [5.74, 6) is 0. The second-order valence-electron chi connectivity index (χ2n) is 4.83. The van der Waals surface area contributed by atoms with Crippen LogP contribution in [0.1, 0.15) is 19.0 Å². The number of hydrogen-bond donors (Lipinski definition) is 0. The molecular formula is C17H15BrClN2S-. The number of halogens is 2. The molecule has 0 spiro atoms. The predicted molar refractivity (Wildman–Crippen MR) is 89.8 cm³/mol. The highest BCUT2D eigenvalue weighted by Crippen LogP contribution is 2.29. The molecule has 0 atom stereocenters. The molecule has 0 aliphatic rings. The molecule has 0 unspecified atom stereocenters. The largest absolute Gasteiger partial charge is 1.00 e. The van der Waals surface area contributed by atoms with Crippen LogP contribution in [0.25, 0.3) is 21.8 Å². The minimum absolute atomic E-state index is 0. The van der Waals surface area contributed by atoms with E-state index in [-0.39, 0.29) is 17.0 Å². The summed E-state index contributed by atoms with van der Waals surface area (Å²) in [6.45, 7) is 2.16. The molecule has 114 valence electrons. The maximum atomic E-state index is 5.92. The van der Waals surface area contributed by atoms with Crippen LogP contribution in [0.4, 0.5) is 0 Å². The van der Waals surface area contributed by atoms with Crippen molar-refractivity contribution in [3.63, 3.8) is 0 Å². The van der Waals surface area contributed by atoms with Crippen LogP contribution >= 0.6 is 22.9 Å². The molecule has 3 rings (SSSR count). The molecule has 5 heteroatoms. The van der Waals surface area contributed by atoms with Crippen LogP contribution in [-0.2, 0) is 6.42 Å². The summed E-state index contributed by atoms with van der Waals surface area (Å²) in [5, 5.41) is 3.85. The molecule has 0 radical (unpaired) electrons. The zero-order chi connectivity index (χ0) is 14.7. The molecule has 0 saturated carbocycles. The lowest BCUT2D eigenvalue weighted by atomic mass is 10.1. The molecule has 0 saturated heterocycles. The topological polar surface area (TPSA) is 25.8 Å². The first-order chi connectivity index (χ1) is 10.3. The van der Waals surface area contributed by atoms with Crippen molar-refractivity contribution in [1.29, 1.82) is 0 Å². The van der Waals surface area contributed by atoms with E-state index in [1.54, 1.807) is 11.3 Å². The van der Waals surface area contributed by atoms with Crippen molar-refractivity contribution in [3.05, 3.63) is 58.7 Å². The normalized spacial score (nSPS) is 10.3. The highest BCUT2D eigenvalue weighted by atomic mass is 79.9. The average Bonchev–Trinajstić information content (AvgIpc) is 2.98. The standard InChI is InChI=1S/C17H15ClN2S.BrH/c1-2-3-15-10-13(8-9-19-15)17-20-16(11-21-17)12-4-6-14(18)7-5-12;/h4-11H,2-3H2,1H3;1H/p-1. The molecule has 1 aromatic carbocycles. The molecule has 2 nitrogen and oxygen atoms in total. The van der Waals surface area contributed by atoms with E-state index >= 15 is 0 Å². The Morgan fingerprint density at radius 1 is 1.09 bits per heavy atom. The first kappa shape index (κ1) is 17.1. The van der Waals surface area contributed by atoms with E-state index in [0.717, 1.165) is 45.4 Å². The SMILES string of the molecule is CCCc1cc(-c2nc(-c3ccc(Cl)cc3)cs2)ccn1.[Br-]. The molecule has 0 aliphatic heterocycles. The molecule has 22 heavy (non-hydrogen) atoms. The van der Waals surface area contributed by atoms with Gasteiger partial charge in [0, 0.05) is 33.4 Å². The number of nitrogens with zero attached hydrogens (tertiary/aromatic N) is 2. The van der Waals surface area contributed by atoms with Crippen LogP contribution < -0.4 is 17.0 Å². The van der Waals surface area contributed by atoms with Crippen molar-refractivity contribution in [2.24, 2.45) is 0 Å². The van der Waals surface area contributed by atoms with Crippen molar-refractivity contribution in [1.82, 2.24) is 9.97 Å². The maximum absolute atomic E-state index is 5.92. The first-order valence-corrected chi connectivity index (χ1v) is 8.19. The first-order valence-electron chi connectivity index (χ1n) is 6.93. The monoisotopic (exact) mass is 393 g/mol. The van der Waals surface area contributed by atoms with Crippen molar-refractivity contribution < 1.29 is 17.0 Å². The van der Waals surface area contributed by atoms with Gasteiger partial charge in [-0.15, -0.1) is 11.3 Å². The Labute approximate surface area is 150 Å². The molecular weight excluding hydrogens is 380 g/mol. The summed E-state index contributed by atoms with van der Waals surface area (Å²) < 4.78 is 0. The summed E-state index contributed by atoms with van der Waals surface area (Å²) in [5.41, 5.74) is 4.34. The summed E-state index contributed by atoms with van der Waals surface area (Å²) in [6.07, 6.45) is 3.97. The van der Waals surface area contributed by atoms with Gasteiger partial charge in [-0.1, -0.05) is 37.1 Å². The van der Waals surface area contributed by atoms with Gasteiger partial charge in [0.05, 0.1) is 5.69 Å². The molecule has 0 N–H and O–H groups in total. The predicted octanol–water partition coefficient (Wildman–Crippen LogP) is 2.48. The highest BCUT2D eigenvalue weighted by molar-refractivity contribution is 7.13. The minimum Gasteiger partial charge on any atom is -1.00 e. The van der Waals surface area contributed by atoms with Gasteiger partial charge in [-0.2, -0.15) is 0 Å². The number of benzene rings is 1. The molecule has 0 aliphatic carbocycles. The zero-order valence-electron chi connectivity index (χ0n) is 12.1. The van der Waals surface area contributed by atoms with E-state index in [0.29, 0.717) is 0 Å². The van der Waals surface area contributed by atoms with Gasteiger partial charge >= 0.3 is 0 Å². The molecule has 3 aromatic rings. The van der Waals surface area contributed by atoms with E-state index in [1.807, 2.05) is 36.5 Å². The van der Waals surface area contributed by atoms with Crippen molar-refractivity contribution in [2.75, 3.05) is 0 Å². The van der Waals surface area contributed by atoms with E-state index in [4.69, 9.17) is 16.6 Å². The van der Waals surface area contributed by atoms with E-state index < -0.39 is 0 Å². The highest BCUT2D eigenvalue weighted by Gasteiger charge is 2.07. The lowest BCUT2D eigenvalue weighted by molar-refractivity contribution is -0.00000421. The van der Waals surface area contributed by atoms with Gasteiger partial charge in [-0.25, -0.2) is 4.98 Å². The Kier molecular flexibility index (Phi) is 6.12. The fourth-order valence-electron chi connectivity index (χ4n) is 2.16. The van der Waals surface area contributed by atoms with Gasteiger partial charge in [0.1, 0.15) is 5.01 Å². The second kappa shape index (κ2) is 7.86. The Hall–Kier alpha value is -1.23. The van der Waals surface area contributed by atoms with E-state index in [1.165, 1.54) is 0 Å². The van der Waals surface area contributed by atoms with Gasteiger partial charge in [-0.05, 0) is 30.7 Å². The molecule has 2 aromatic heterocycles. The third kappa shape index (κ3) is 3.94. The van der Waals surface area contributed by atoms with Gasteiger partial charge in [0.25, 0.3) is 0 Å². The summed E-state index contributed by atoms with van der Waals surface area (Å²) >= 11 is 7.58. The summed E-state index contributed by atoms with van der Waals surface area (Å²) in [4.78, 5) is 9.12. The van der Waals surface area contributed by atoms with Crippen LogP contribution in [0, 0.1) is 0 Å². The summed E-state index contributed by atoms with van der Waals surface area (Å²) in [7, 11) is 0. The van der Waals surface area contributed by atoms with E-state index in [2.05, 4.69) is 23.4 Å². The smallest absolute Gasteiger partial charge is 0.124 e. The maximum Gasteiger partial charge on any atom is 0.124 e. The molecule has 0 bridgehead atoms. The number of aromatic nitrogens is 2. The second-order valence-corrected chi connectivity index (χ2v) is 6.13. The number of thiazole rings is 1. The number of pyridine rings is 1. The molecule has 0 amide bonds. The fourth-order valence-corrected chi connectivity index (χ4v) is 3.12. The lowest BCUT2D eigenvalue weighted by Gasteiger charge is -2.01. The number of hydrogen-bond acceptors (Lipinski definition) is 3. The third-order valence-electron chi connectivity index (χ3n) is 3.21. The van der Waals surface area contributed by atoms with Gasteiger partial charge in [-0.3, -0.25) is 4.98 Å². The van der Waals surface area contributed by atoms with Crippen LogP contribution in [0.5, 0.6) is 0 Å². The van der Waals surface area contributed by atoms with Gasteiger partial charge in [0.2, 0.25) is 0 Å². The van der Waals surface area contributed by atoms with Crippen LogP contribution in [-0.4, -0.2) is 9.97 Å². The van der Waals surface area contributed by atoms with Gasteiger partial charge < -0.3 is 17.0 Å². The average molecular weight is 395 g/mol. The third-order valence-corrected chi connectivity index (χ3v) is 4.36. The van der Waals surface area contributed by atoms with Crippen molar-refractivity contribution in [3.8, 4) is 21.8 Å². The molecule has 2 heterocycles. The van der Waals surface area contributed by atoms with Crippen LogP contribution in [0.15, 0.2) is 48.0 Å². The van der Waals surface area contributed by atoms with Crippen molar-refractivity contribution >= 4 is 22.9 Å². The zero-order valence-corrected chi connectivity index (χ0v) is 15.3. The Balaban J connectivity index is 0.00000176. The van der Waals surface area contributed by atoms with Crippen LogP contribution in [0.2, 0.25) is 5.02 Å². The summed E-state index contributed by atoms with van der Waals surface area (Å²) in [6, 6.07) is 11.9. The Bertz CT molecular complexity index is 740.